The van der Waals surface area contributed by atoms with E-state index in [2.05, 4.69) is 0 Å². The summed E-state index contributed by atoms with van der Waals surface area (Å²) in [5, 5.41) is 0. The van der Waals surface area contributed by atoms with E-state index >= 15 is 0 Å². The summed E-state index contributed by atoms with van der Waals surface area (Å²) in [6.45, 7) is 7.50. The smallest absolute Gasteiger partial charge is 0.303 e. The van der Waals surface area contributed by atoms with Gasteiger partial charge in [0.15, 0.2) is 36.6 Å². The molecule has 2 heterocycles. The Hall–Kier alpha value is -3.97. The fourth-order valence-electron chi connectivity index (χ4n) is 4.73. The lowest BCUT2D eigenvalue weighted by Gasteiger charge is -2.47. The molecule has 2 aliphatic rings. The van der Waals surface area contributed by atoms with Gasteiger partial charge in [0.2, 0.25) is 0 Å². The number of ether oxygens (including phenoxy) is 10. The van der Waals surface area contributed by atoms with E-state index in [1.165, 1.54) is 0 Å². The minimum absolute atomic E-state index is 0.520. The van der Waals surface area contributed by atoms with Gasteiger partial charge in [0.05, 0.1) is 0 Å². The predicted octanol–water partition coefficient (Wildman–Crippen LogP) is -0.114. The summed E-state index contributed by atoms with van der Waals surface area (Å²) in [5.74, 6) is -6.62. The Morgan fingerprint density at radius 1 is 0.404 bits per heavy atom. The quantitative estimate of drug-likeness (QED) is 0.192. The minimum Gasteiger partial charge on any atom is -0.463 e. The van der Waals surface area contributed by atoms with Crippen molar-refractivity contribution in [2.24, 2.45) is 0 Å². The van der Waals surface area contributed by atoms with Crippen LogP contribution in [0.5, 0.6) is 0 Å². The summed E-state index contributed by atoms with van der Waals surface area (Å²) in [4.78, 5) is 96.4. The second-order valence-electron chi connectivity index (χ2n) is 10.3. The molecule has 0 aliphatic carbocycles. The van der Waals surface area contributed by atoms with Gasteiger partial charge < -0.3 is 47.4 Å². The Labute approximate surface area is 273 Å². The van der Waals surface area contributed by atoms with Crippen molar-refractivity contribution in [1.82, 2.24) is 0 Å². The number of thioether (sulfide) groups is 1. The predicted molar refractivity (Wildman–Crippen MR) is 152 cm³/mol. The molecule has 10 atom stereocenters. The molecule has 0 aromatic rings. The van der Waals surface area contributed by atoms with E-state index in [0.29, 0.717) is 11.8 Å². The summed E-state index contributed by atoms with van der Waals surface area (Å²) >= 11 is 0.678. The van der Waals surface area contributed by atoms with E-state index in [1.54, 1.807) is 0 Å². The highest BCUT2D eigenvalue weighted by Crippen LogP contribution is 2.41. The van der Waals surface area contributed by atoms with E-state index in [1.807, 2.05) is 0 Å². The van der Waals surface area contributed by atoms with Crippen LogP contribution in [0.25, 0.3) is 0 Å². The van der Waals surface area contributed by atoms with Crippen molar-refractivity contribution >= 4 is 59.5 Å². The first-order valence-electron chi connectivity index (χ1n) is 14.2. The van der Waals surface area contributed by atoms with Crippen molar-refractivity contribution in [3.05, 3.63) is 0 Å². The molecule has 19 heteroatoms. The summed E-state index contributed by atoms with van der Waals surface area (Å²) in [7, 11) is 0. The van der Waals surface area contributed by atoms with Crippen LogP contribution in [0.1, 0.15) is 55.4 Å². The van der Waals surface area contributed by atoms with Crippen LogP contribution in [0.2, 0.25) is 0 Å². The maximum absolute atomic E-state index is 12.3. The Balaban J connectivity index is 2.69. The van der Waals surface area contributed by atoms with Gasteiger partial charge in [-0.15, -0.1) is 0 Å². The Morgan fingerprint density at radius 2 is 0.660 bits per heavy atom. The highest BCUT2D eigenvalue weighted by atomic mass is 32.2. The normalized spacial score (nSPS) is 30.0. The van der Waals surface area contributed by atoms with Crippen LogP contribution < -0.4 is 0 Å². The lowest BCUT2D eigenvalue weighted by molar-refractivity contribution is -0.243. The van der Waals surface area contributed by atoms with E-state index < -0.39 is 121 Å². The van der Waals surface area contributed by atoms with Crippen LogP contribution >= 0.6 is 11.8 Å². The van der Waals surface area contributed by atoms with E-state index in [0.717, 1.165) is 55.4 Å². The summed E-state index contributed by atoms with van der Waals surface area (Å²) in [6.07, 6.45) is -11.7. The molecule has 0 aromatic heterocycles. The number of hydrogen-bond acceptors (Lipinski definition) is 19. The van der Waals surface area contributed by atoms with E-state index in [-0.39, 0.29) is 0 Å². The third-order valence-corrected chi connectivity index (χ3v) is 7.46. The molecule has 0 radical (unpaired) electrons. The number of carbonyl (C=O) groups is 8. The molecule has 0 aromatic carbocycles. The number of hydrogen-bond donors (Lipinski definition) is 0. The van der Waals surface area contributed by atoms with Gasteiger partial charge in [0.25, 0.3) is 0 Å². The Kier molecular flexibility index (Phi) is 14.9. The zero-order valence-electron chi connectivity index (χ0n) is 26.9. The molecule has 47 heavy (non-hydrogen) atoms. The largest absolute Gasteiger partial charge is 0.463 e. The molecule has 18 nitrogen and oxygen atoms in total. The second-order valence-corrected chi connectivity index (χ2v) is 11.5. The highest BCUT2D eigenvalue weighted by molar-refractivity contribution is 8.00. The van der Waals surface area contributed by atoms with Gasteiger partial charge >= 0.3 is 47.8 Å². The maximum Gasteiger partial charge on any atom is 0.303 e. The number of carbonyl (C=O) groups excluding carboxylic acids is 8. The Morgan fingerprint density at radius 3 is 0.915 bits per heavy atom. The fourth-order valence-corrected chi connectivity index (χ4v) is 6.14. The lowest BCUT2D eigenvalue weighted by atomic mass is 9.99. The van der Waals surface area contributed by atoms with Crippen LogP contribution in [0.3, 0.4) is 0 Å². The molecule has 0 bridgehead atoms. The highest BCUT2D eigenvalue weighted by Gasteiger charge is 2.57. The van der Waals surface area contributed by atoms with Crippen LogP contribution in [0, 0.1) is 0 Å². The topological polar surface area (TPSA) is 229 Å². The summed E-state index contributed by atoms with van der Waals surface area (Å²) in [6, 6.07) is 0. The molecule has 2 saturated heterocycles. The first kappa shape index (κ1) is 39.2. The average molecular weight is 695 g/mol. The first-order chi connectivity index (χ1) is 21.9. The third-order valence-electron chi connectivity index (χ3n) is 6.16. The molecule has 0 saturated carbocycles. The summed E-state index contributed by atoms with van der Waals surface area (Å²) in [5.41, 5.74) is -2.84. The molecular weight excluding hydrogens is 656 g/mol. The van der Waals surface area contributed by atoms with Crippen molar-refractivity contribution < 1.29 is 85.7 Å². The molecule has 0 unspecified atom stereocenters. The lowest BCUT2D eigenvalue weighted by Crippen LogP contribution is -2.64. The van der Waals surface area contributed by atoms with Crippen molar-refractivity contribution in [2.45, 2.75) is 115 Å². The van der Waals surface area contributed by atoms with Gasteiger partial charge in [-0.25, -0.2) is 0 Å². The van der Waals surface area contributed by atoms with Gasteiger partial charge in [0.1, 0.15) is 36.3 Å². The number of rotatable bonds is 12. The molecular formula is C28H38O18S. The summed E-state index contributed by atoms with van der Waals surface area (Å²) < 4.78 is 55.0. The fraction of sp³-hybridized carbons (Fsp3) is 0.714. The minimum atomic E-state index is -1.54. The van der Waals surface area contributed by atoms with Crippen LogP contribution in [0.15, 0.2) is 0 Å². The molecule has 2 rings (SSSR count). The van der Waals surface area contributed by atoms with Crippen molar-refractivity contribution in [3.63, 3.8) is 0 Å². The zero-order chi connectivity index (χ0) is 35.6. The van der Waals surface area contributed by atoms with Crippen LogP contribution in [-0.2, 0) is 85.7 Å². The molecule has 0 N–H and O–H groups in total. The van der Waals surface area contributed by atoms with Gasteiger partial charge in [0, 0.05) is 55.4 Å². The second kappa shape index (κ2) is 17.8. The van der Waals surface area contributed by atoms with Gasteiger partial charge in [-0.1, -0.05) is 11.8 Å². The average Bonchev–Trinajstić information content (AvgIpc) is 2.91. The van der Waals surface area contributed by atoms with E-state index in [9.17, 15) is 38.4 Å². The molecule has 2 aliphatic heterocycles. The van der Waals surface area contributed by atoms with Crippen molar-refractivity contribution in [2.75, 3.05) is 13.2 Å². The molecule has 0 spiro atoms. The number of esters is 8. The van der Waals surface area contributed by atoms with Crippen molar-refractivity contribution in [3.8, 4) is 0 Å². The van der Waals surface area contributed by atoms with Gasteiger partial charge in [-0.3, -0.25) is 38.4 Å². The van der Waals surface area contributed by atoms with Gasteiger partial charge in [-0.05, 0) is 0 Å². The first-order valence-corrected chi connectivity index (χ1v) is 15.1. The molecule has 0 amide bonds. The van der Waals surface area contributed by atoms with E-state index in [4.69, 9.17) is 47.4 Å². The molecule has 264 valence electrons. The monoisotopic (exact) mass is 694 g/mol. The van der Waals surface area contributed by atoms with Crippen LogP contribution in [0.4, 0.5) is 0 Å². The van der Waals surface area contributed by atoms with Crippen LogP contribution in [-0.4, -0.2) is 121 Å². The standard InChI is InChI=1S/C28H38O18S/c1-11(29)37-9-19-21(39-13(3)31)23(41-15(5)33)25(43-17(7)35)27(45-19)47-28-26(44-18(8)36)24(42-16(6)34)22(40-14(4)32)20(46-28)10-38-12(2)30/h19-28H,9-10H2,1-8H3/t19-,20-,21-,22-,23+,24+,25-,26+,27+,28-/m1/s1. The SMILES string of the molecule is CC(=O)OC[C@H]1O[C@@H](S[C@H]2O[C@H](COC(C)=O)[C@@H](OC(C)=O)[C@H](OC(C)=O)[C@@H]2OC(C)=O)[C@H](OC(C)=O)[C@@H](OC(C)=O)[C@@H]1OC(C)=O. The maximum atomic E-state index is 12.3. The Bertz CT molecular complexity index is 1110. The van der Waals surface area contributed by atoms with Crippen molar-refractivity contribution in [1.29, 1.82) is 0 Å². The third kappa shape index (κ3) is 12.3. The molecule has 2 fully saturated rings. The zero-order valence-corrected chi connectivity index (χ0v) is 27.8. The van der Waals surface area contributed by atoms with Gasteiger partial charge in [-0.2, -0.15) is 0 Å².